The van der Waals surface area contributed by atoms with Crippen LogP contribution in [0.2, 0.25) is 0 Å². The Balaban J connectivity index is 1.91. The molecule has 2 rings (SSSR count). The van der Waals surface area contributed by atoms with Crippen molar-refractivity contribution in [1.29, 1.82) is 0 Å². The van der Waals surface area contributed by atoms with Gasteiger partial charge in [-0.25, -0.2) is 13.1 Å². The van der Waals surface area contributed by atoms with Crippen molar-refractivity contribution in [3.8, 4) is 0 Å². The van der Waals surface area contributed by atoms with E-state index in [1.807, 2.05) is 5.38 Å². The second-order valence-electron chi connectivity index (χ2n) is 5.39. The predicted molar refractivity (Wildman–Crippen MR) is 80.4 cm³/mol. The van der Waals surface area contributed by atoms with E-state index in [-0.39, 0.29) is 0 Å². The summed E-state index contributed by atoms with van der Waals surface area (Å²) in [7, 11) is -3.38. The van der Waals surface area contributed by atoms with E-state index in [0.29, 0.717) is 35.9 Å². The first-order valence-corrected chi connectivity index (χ1v) is 9.22. The van der Waals surface area contributed by atoms with Gasteiger partial charge in [0.2, 0.25) is 10.0 Å². The number of hydrogen-bond donors (Lipinski definition) is 2. The monoisotopic (exact) mass is 318 g/mol. The largest absolute Gasteiger partial charge is 0.381 e. The first kappa shape index (κ1) is 15.9. The van der Waals surface area contributed by atoms with Crippen LogP contribution in [0.1, 0.15) is 25.8 Å². The van der Waals surface area contributed by atoms with E-state index in [4.69, 9.17) is 4.74 Å². The number of sulfonamides is 1. The highest BCUT2D eigenvalue weighted by Gasteiger charge is 2.21. The first-order chi connectivity index (χ1) is 9.47. The van der Waals surface area contributed by atoms with Gasteiger partial charge in [-0.15, -0.1) is 11.3 Å². The maximum atomic E-state index is 12.2. The molecule has 2 N–H and O–H groups in total. The maximum Gasteiger partial charge on any atom is 0.250 e. The molecule has 0 saturated carbocycles. The van der Waals surface area contributed by atoms with Gasteiger partial charge in [-0.3, -0.25) is 0 Å². The molecular weight excluding hydrogens is 296 g/mol. The summed E-state index contributed by atoms with van der Waals surface area (Å²) in [6.07, 6.45) is 0.927. The Bertz CT molecular complexity index is 519. The molecule has 0 aliphatic carbocycles. The van der Waals surface area contributed by atoms with Gasteiger partial charge in [0, 0.05) is 25.7 Å². The summed E-state index contributed by atoms with van der Waals surface area (Å²) >= 11 is 1.27. The third-order valence-corrected chi connectivity index (χ3v) is 6.11. The molecule has 1 aliphatic heterocycles. The molecule has 1 saturated heterocycles. The van der Waals surface area contributed by atoms with Crippen LogP contribution in [0, 0.1) is 5.92 Å². The van der Waals surface area contributed by atoms with E-state index in [9.17, 15) is 8.42 Å². The standard InChI is InChI=1S/C13H22N2O3S2/c1-10(2)14-6-12-5-13(19-9-12)20(16,17)15-7-11-3-4-18-8-11/h5,9-11,14-15H,3-4,6-8H2,1-2H3. The molecule has 1 aliphatic rings. The van der Waals surface area contributed by atoms with Crippen molar-refractivity contribution in [1.82, 2.24) is 10.0 Å². The summed E-state index contributed by atoms with van der Waals surface area (Å²) in [4.78, 5) is 0. The molecule has 0 radical (unpaired) electrons. The molecule has 5 nitrogen and oxygen atoms in total. The smallest absolute Gasteiger partial charge is 0.250 e. The SMILES string of the molecule is CC(C)NCc1csc(S(=O)(=O)NCC2CCOC2)c1. The summed E-state index contributed by atoms with van der Waals surface area (Å²) < 4.78 is 32.7. The lowest BCUT2D eigenvalue weighted by molar-refractivity contribution is 0.186. The van der Waals surface area contributed by atoms with Crippen LogP contribution < -0.4 is 10.0 Å². The Kier molecular flexibility index (Phi) is 5.57. The summed E-state index contributed by atoms with van der Waals surface area (Å²) in [6.45, 7) is 6.66. The Morgan fingerprint density at radius 2 is 2.30 bits per heavy atom. The van der Waals surface area contributed by atoms with E-state index in [2.05, 4.69) is 23.9 Å². The molecule has 1 atom stereocenters. The number of nitrogens with one attached hydrogen (secondary N) is 2. The fraction of sp³-hybridized carbons (Fsp3) is 0.692. The lowest BCUT2D eigenvalue weighted by Gasteiger charge is -2.09. The molecule has 1 fully saturated rings. The van der Waals surface area contributed by atoms with Crippen LogP contribution in [-0.4, -0.2) is 34.2 Å². The number of rotatable bonds is 7. The van der Waals surface area contributed by atoms with Crippen molar-refractivity contribution in [3.63, 3.8) is 0 Å². The molecule has 114 valence electrons. The molecule has 0 spiro atoms. The van der Waals surface area contributed by atoms with Crippen molar-refractivity contribution < 1.29 is 13.2 Å². The zero-order valence-corrected chi connectivity index (χ0v) is 13.5. The van der Waals surface area contributed by atoms with E-state index >= 15 is 0 Å². The molecule has 1 aromatic heterocycles. The van der Waals surface area contributed by atoms with Crippen molar-refractivity contribution in [2.24, 2.45) is 5.92 Å². The molecule has 1 unspecified atom stereocenters. The Morgan fingerprint density at radius 3 is 2.95 bits per heavy atom. The fourth-order valence-corrected chi connectivity index (χ4v) is 4.32. The lowest BCUT2D eigenvalue weighted by Crippen LogP contribution is -2.29. The first-order valence-electron chi connectivity index (χ1n) is 6.85. The lowest BCUT2D eigenvalue weighted by atomic mass is 10.1. The zero-order valence-electron chi connectivity index (χ0n) is 11.9. The van der Waals surface area contributed by atoms with Crippen LogP contribution in [-0.2, 0) is 21.3 Å². The molecule has 20 heavy (non-hydrogen) atoms. The normalized spacial score (nSPS) is 19.9. The molecular formula is C13H22N2O3S2. The van der Waals surface area contributed by atoms with Crippen LogP contribution in [0.25, 0.3) is 0 Å². The average Bonchev–Trinajstić information content (AvgIpc) is 3.05. The minimum absolute atomic E-state index is 0.298. The fourth-order valence-electron chi connectivity index (χ4n) is 1.95. The average molecular weight is 318 g/mol. The molecule has 0 aromatic carbocycles. The van der Waals surface area contributed by atoms with Gasteiger partial charge in [-0.2, -0.15) is 0 Å². The van der Waals surface area contributed by atoms with Crippen LogP contribution in [0.15, 0.2) is 15.7 Å². The van der Waals surface area contributed by atoms with Crippen molar-refractivity contribution in [3.05, 3.63) is 17.0 Å². The van der Waals surface area contributed by atoms with E-state index in [1.54, 1.807) is 6.07 Å². The van der Waals surface area contributed by atoms with Crippen LogP contribution in [0.4, 0.5) is 0 Å². The third-order valence-electron chi connectivity index (χ3n) is 3.20. The zero-order chi connectivity index (χ0) is 14.6. The minimum Gasteiger partial charge on any atom is -0.381 e. The highest BCUT2D eigenvalue weighted by molar-refractivity contribution is 7.91. The number of hydrogen-bond acceptors (Lipinski definition) is 5. The van der Waals surface area contributed by atoms with Crippen LogP contribution >= 0.6 is 11.3 Å². The van der Waals surface area contributed by atoms with E-state index in [0.717, 1.165) is 18.6 Å². The van der Waals surface area contributed by atoms with Crippen molar-refractivity contribution in [2.75, 3.05) is 19.8 Å². The highest BCUT2D eigenvalue weighted by atomic mass is 32.2. The van der Waals surface area contributed by atoms with Gasteiger partial charge in [0.05, 0.1) is 6.61 Å². The number of ether oxygens (including phenoxy) is 1. The summed E-state index contributed by atoms with van der Waals surface area (Å²) in [5.74, 6) is 0.298. The van der Waals surface area contributed by atoms with Gasteiger partial charge in [-0.1, -0.05) is 13.8 Å². The van der Waals surface area contributed by atoms with Crippen molar-refractivity contribution >= 4 is 21.4 Å². The van der Waals surface area contributed by atoms with Gasteiger partial charge in [0.1, 0.15) is 4.21 Å². The molecule has 1 aromatic rings. The van der Waals surface area contributed by atoms with Gasteiger partial charge >= 0.3 is 0 Å². The summed E-state index contributed by atoms with van der Waals surface area (Å²) in [5.41, 5.74) is 1.01. The van der Waals surface area contributed by atoms with Crippen molar-refractivity contribution in [2.45, 2.75) is 37.1 Å². The maximum absolute atomic E-state index is 12.2. The Labute approximate surface area is 124 Å². The minimum atomic E-state index is -3.38. The number of thiophene rings is 1. The van der Waals surface area contributed by atoms with E-state index in [1.165, 1.54) is 11.3 Å². The molecule has 7 heteroatoms. The van der Waals surface area contributed by atoms with Gasteiger partial charge in [-0.05, 0) is 29.3 Å². The predicted octanol–water partition coefficient (Wildman–Crippen LogP) is 1.56. The van der Waals surface area contributed by atoms with Gasteiger partial charge < -0.3 is 10.1 Å². The van der Waals surface area contributed by atoms with Gasteiger partial charge in [0.15, 0.2) is 0 Å². The highest BCUT2D eigenvalue weighted by Crippen LogP contribution is 2.21. The van der Waals surface area contributed by atoms with Crippen LogP contribution in [0.3, 0.4) is 0 Å². The second kappa shape index (κ2) is 7.00. The van der Waals surface area contributed by atoms with E-state index < -0.39 is 10.0 Å². The van der Waals surface area contributed by atoms with Gasteiger partial charge in [0.25, 0.3) is 0 Å². The second-order valence-corrected chi connectivity index (χ2v) is 8.30. The topological polar surface area (TPSA) is 67.4 Å². The molecule has 0 amide bonds. The quantitative estimate of drug-likeness (QED) is 0.801. The molecule has 2 heterocycles. The summed E-state index contributed by atoms with van der Waals surface area (Å²) in [5, 5.41) is 5.17. The summed E-state index contributed by atoms with van der Waals surface area (Å²) in [6, 6.07) is 2.13. The van der Waals surface area contributed by atoms with Crippen LogP contribution in [0.5, 0.6) is 0 Å². The molecule has 0 bridgehead atoms. The Morgan fingerprint density at radius 1 is 1.50 bits per heavy atom. The third kappa shape index (κ3) is 4.53. The Hall–Kier alpha value is -0.470.